The Morgan fingerprint density at radius 1 is 1.62 bits per heavy atom. The maximum atomic E-state index is 12.3. The molecule has 3 heterocycles. The fourth-order valence-electron chi connectivity index (χ4n) is 2.45. The first-order valence-corrected chi connectivity index (χ1v) is 7.44. The highest BCUT2D eigenvalue weighted by Gasteiger charge is 2.38. The van der Waals surface area contributed by atoms with Crippen LogP contribution in [0.15, 0.2) is 29.0 Å². The van der Waals surface area contributed by atoms with Gasteiger partial charge in [-0.1, -0.05) is 6.07 Å². The van der Waals surface area contributed by atoms with Gasteiger partial charge in [0.2, 0.25) is 11.8 Å². The van der Waals surface area contributed by atoms with Crippen molar-refractivity contribution in [3.63, 3.8) is 0 Å². The maximum absolute atomic E-state index is 12.3. The Balaban J connectivity index is 2.16. The second-order valence-electron chi connectivity index (χ2n) is 4.62. The summed E-state index contributed by atoms with van der Waals surface area (Å²) in [6.45, 7) is 3.93. The third-order valence-electron chi connectivity index (χ3n) is 3.33. The Hall–Kier alpha value is -2.28. The number of nitrogens with zero attached hydrogens (tertiary/aromatic N) is 1. The number of ether oxygens (including phenoxy) is 2. The van der Waals surface area contributed by atoms with Crippen LogP contribution in [-0.2, 0) is 9.53 Å². The van der Waals surface area contributed by atoms with Crippen LogP contribution >= 0.6 is 11.3 Å². The molecule has 0 bridgehead atoms. The molecule has 2 aromatic heterocycles. The number of hydrogen-bond acceptors (Lipinski definition) is 6. The van der Waals surface area contributed by atoms with E-state index < -0.39 is 5.97 Å². The molecular weight excluding hydrogens is 290 g/mol. The van der Waals surface area contributed by atoms with Crippen LogP contribution in [0.3, 0.4) is 0 Å². The number of carbonyl (C=O) groups excluding carboxylic acids is 1. The SMILES string of the molecule is CCOC(=O)C1=C(N)Oc2n[nH]c(C)c2[C@H]1c1cccs1. The third-order valence-corrected chi connectivity index (χ3v) is 4.27. The number of aromatic nitrogens is 2. The summed E-state index contributed by atoms with van der Waals surface area (Å²) in [4.78, 5) is 13.3. The van der Waals surface area contributed by atoms with Gasteiger partial charge in [-0.25, -0.2) is 4.79 Å². The summed E-state index contributed by atoms with van der Waals surface area (Å²) < 4.78 is 10.6. The van der Waals surface area contributed by atoms with E-state index in [1.165, 1.54) is 0 Å². The molecule has 3 N–H and O–H groups in total. The van der Waals surface area contributed by atoms with E-state index >= 15 is 0 Å². The van der Waals surface area contributed by atoms with Crippen molar-refractivity contribution in [1.82, 2.24) is 10.2 Å². The van der Waals surface area contributed by atoms with E-state index in [2.05, 4.69) is 10.2 Å². The van der Waals surface area contributed by atoms with Gasteiger partial charge < -0.3 is 15.2 Å². The van der Waals surface area contributed by atoms with Crippen molar-refractivity contribution in [3.05, 3.63) is 45.1 Å². The summed E-state index contributed by atoms with van der Waals surface area (Å²) in [7, 11) is 0. The van der Waals surface area contributed by atoms with Crippen LogP contribution in [0.5, 0.6) is 5.88 Å². The predicted molar refractivity (Wildman–Crippen MR) is 78.0 cm³/mol. The normalized spacial score (nSPS) is 17.3. The fourth-order valence-corrected chi connectivity index (χ4v) is 3.29. The summed E-state index contributed by atoms with van der Waals surface area (Å²) in [5, 5.41) is 8.93. The van der Waals surface area contributed by atoms with Crippen molar-refractivity contribution in [2.45, 2.75) is 19.8 Å². The van der Waals surface area contributed by atoms with Gasteiger partial charge in [0.05, 0.1) is 18.1 Å². The zero-order chi connectivity index (χ0) is 15.0. The molecule has 2 aromatic rings. The number of carbonyl (C=O) groups is 1. The molecule has 110 valence electrons. The zero-order valence-electron chi connectivity index (χ0n) is 11.7. The predicted octanol–water partition coefficient (Wildman–Crippen LogP) is 2.04. The minimum absolute atomic E-state index is 0.0471. The van der Waals surface area contributed by atoms with Gasteiger partial charge in [-0.3, -0.25) is 5.10 Å². The van der Waals surface area contributed by atoms with Crippen molar-refractivity contribution in [1.29, 1.82) is 0 Å². The topological polar surface area (TPSA) is 90.2 Å². The van der Waals surface area contributed by atoms with Crippen molar-refractivity contribution in [2.75, 3.05) is 6.61 Å². The van der Waals surface area contributed by atoms with Crippen LogP contribution in [-0.4, -0.2) is 22.8 Å². The molecule has 0 aliphatic carbocycles. The van der Waals surface area contributed by atoms with E-state index in [1.807, 2.05) is 24.4 Å². The van der Waals surface area contributed by atoms with Gasteiger partial charge in [-0.15, -0.1) is 16.4 Å². The number of fused-ring (bicyclic) bond motifs is 1. The number of rotatable bonds is 3. The number of H-pyrrole nitrogens is 1. The second kappa shape index (κ2) is 5.25. The second-order valence-corrected chi connectivity index (χ2v) is 5.60. The van der Waals surface area contributed by atoms with E-state index in [-0.39, 0.29) is 18.4 Å². The van der Waals surface area contributed by atoms with Crippen molar-refractivity contribution < 1.29 is 14.3 Å². The Labute approximate surface area is 125 Å². The van der Waals surface area contributed by atoms with Crippen LogP contribution in [0.1, 0.15) is 29.0 Å². The standard InChI is InChI=1S/C14H15N3O3S/c1-3-19-14(18)11-10(8-5-4-6-21-8)9-7(2)16-17-13(9)20-12(11)15/h4-6,10H,3,15H2,1-2H3,(H,16,17)/t10-/m1/s1. The molecule has 0 amide bonds. The van der Waals surface area contributed by atoms with Gasteiger partial charge >= 0.3 is 5.97 Å². The van der Waals surface area contributed by atoms with E-state index in [0.29, 0.717) is 11.5 Å². The molecule has 6 nitrogen and oxygen atoms in total. The van der Waals surface area contributed by atoms with E-state index in [9.17, 15) is 4.79 Å². The quantitative estimate of drug-likeness (QED) is 0.847. The van der Waals surface area contributed by atoms with Gasteiger partial charge in [0.15, 0.2) is 0 Å². The van der Waals surface area contributed by atoms with Gasteiger partial charge in [0, 0.05) is 10.6 Å². The number of thiophene rings is 1. The number of hydrogen-bond donors (Lipinski definition) is 2. The third kappa shape index (κ3) is 2.19. The maximum Gasteiger partial charge on any atom is 0.340 e. The molecule has 0 spiro atoms. The lowest BCUT2D eigenvalue weighted by Crippen LogP contribution is -2.27. The molecule has 0 saturated carbocycles. The summed E-state index contributed by atoms with van der Waals surface area (Å²) in [6.07, 6.45) is 0. The van der Waals surface area contributed by atoms with E-state index in [0.717, 1.165) is 16.1 Å². The summed E-state index contributed by atoms with van der Waals surface area (Å²) in [6, 6.07) is 3.90. The number of nitrogens with two attached hydrogens (primary N) is 1. The average Bonchev–Trinajstić information content (AvgIpc) is 3.08. The smallest absolute Gasteiger partial charge is 0.340 e. The Morgan fingerprint density at radius 2 is 2.43 bits per heavy atom. The van der Waals surface area contributed by atoms with Crippen LogP contribution in [0.2, 0.25) is 0 Å². The number of aromatic amines is 1. The molecular formula is C14H15N3O3S. The number of esters is 1. The lowest BCUT2D eigenvalue weighted by Gasteiger charge is -2.24. The molecule has 1 aliphatic heterocycles. The van der Waals surface area contributed by atoms with Crippen molar-refractivity contribution in [2.24, 2.45) is 5.73 Å². The molecule has 21 heavy (non-hydrogen) atoms. The lowest BCUT2D eigenvalue weighted by atomic mass is 9.88. The molecule has 0 aromatic carbocycles. The molecule has 7 heteroatoms. The first-order chi connectivity index (χ1) is 10.1. The van der Waals surface area contributed by atoms with Gasteiger partial charge in [-0.2, -0.15) is 0 Å². The Morgan fingerprint density at radius 3 is 3.10 bits per heavy atom. The van der Waals surface area contributed by atoms with Crippen LogP contribution in [0.25, 0.3) is 0 Å². The first-order valence-electron chi connectivity index (χ1n) is 6.56. The van der Waals surface area contributed by atoms with E-state index in [1.54, 1.807) is 18.3 Å². The minimum Gasteiger partial charge on any atom is -0.462 e. The summed E-state index contributed by atoms with van der Waals surface area (Å²) in [5.74, 6) is -0.312. The molecule has 1 atom stereocenters. The molecule has 3 rings (SSSR count). The number of nitrogens with one attached hydrogen (secondary N) is 1. The monoisotopic (exact) mass is 305 g/mol. The fraction of sp³-hybridized carbons (Fsp3) is 0.286. The summed E-state index contributed by atoms with van der Waals surface area (Å²) >= 11 is 1.55. The molecule has 0 radical (unpaired) electrons. The zero-order valence-corrected chi connectivity index (χ0v) is 12.5. The van der Waals surface area contributed by atoms with Gasteiger partial charge in [0.1, 0.15) is 5.57 Å². The lowest BCUT2D eigenvalue weighted by molar-refractivity contribution is -0.139. The largest absolute Gasteiger partial charge is 0.462 e. The summed E-state index contributed by atoms with van der Waals surface area (Å²) in [5.41, 5.74) is 7.94. The minimum atomic E-state index is -0.459. The van der Waals surface area contributed by atoms with Crippen LogP contribution in [0.4, 0.5) is 0 Å². The molecule has 1 aliphatic rings. The highest BCUT2D eigenvalue weighted by molar-refractivity contribution is 7.10. The van der Waals surface area contributed by atoms with Crippen LogP contribution < -0.4 is 10.5 Å². The van der Waals surface area contributed by atoms with Crippen molar-refractivity contribution in [3.8, 4) is 5.88 Å². The van der Waals surface area contributed by atoms with Gasteiger partial charge in [-0.05, 0) is 25.3 Å². The number of aryl methyl sites for hydroxylation is 1. The average molecular weight is 305 g/mol. The first kappa shape index (κ1) is 13.7. The Kier molecular flexibility index (Phi) is 3.42. The highest BCUT2D eigenvalue weighted by Crippen LogP contribution is 2.44. The van der Waals surface area contributed by atoms with Crippen LogP contribution in [0, 0.1) is 6.92 Å². The van der Waals surface area contributed by atoms with Gasteiger partial charge in [0.25, 0.3) is 0 Å². The molecule has 0 fully saturated rings. The van der Waals surface area contributed by atoms with Crippen molar-refractivity contribution >= 4 is 17.3 Å². The molecule has 0 unspecified atom stereocenters. The highest BCUT2D eigenvalue weighted by atomic mass is 32.1. The molecule has 0 saturated heterocycles. The van der Waals surface area contributed by atoms with E-state index in [4.69, 9.17) is 15.2 Å². The Bertz CT molecular complexity index is 703.